The highest BCUT2D eigenvalue weighted by Crippen LogP contribution is 2.15. The third kappa shape index (κ3) is 7.24. The summed E-state index contributed by atoms with van der Waals surface area (Å²) in [6, 6.07) is 16.6. The van der Waals surface area contributed by atoms with Gasteiger partial charge in [0.15, 0.2) is 6.61 Å². The topological polar surface area (TPSA) is 58.6 Å². The highest BCUT2D eigenvalue weighted by Gasteiger charge is 2.16. The lowest BCUT2D eigenvalue weighted by Crippen LogP contribution is -2.38. The number of nitrogens with zero attached hydrogens (tertiary/aromatic N) is 1. The lowest BCUT2D eigenvalue weighted by molar-refractivity contribution is -0.134. The molecular weight excluding hydrogens is 376 g/mol. The lowest BCUT2D eigenvalue weighted by Gasteiger charge is -2.22. The van der Waals surface area contributed by atoms with Crippen LogP contribution in [0.15, 0.2) is 54.6 Å². The second-order valence-corrected chi connectivity index (χ2v) is 7.01. The Morgan fingerprint density at radius 2 is 1.75 bits per heavy atom. The molecule has 0 saturated carbocycles. The second-order valence-electron chi connectivity index (χ2n) is 6.57. The molecule has 0 fully saturated rings. The van der Waals surface area contributed by atoms with Gasteiger partial charge in [-0.3, -0.25) is 9.59 Å². The SMILES string of the molecule is CCCN(CCC(=O)NC(C)c1ccccc1)C(=O)COc1ccc(Cl)cc1. The van der Waals surface area contributed by atoms with Crippen molar-refractivity contribution in [3.63, 3.8) is 0 Å². The maximum Gasteiger partial charge on any atom is 0.260 e. The summed E-state index contributed by atoms with van der Waals surface area (Å²) >= 11 is 5.84. The summed E-state index contributed by atoms with van der Waals surface area (Å²) < 4.78 is 5.53. The van der Waals surface area contributed by atoms with Crippen LogP contribution in [0.1, 0.15) is 38.3 Å². The minimum Gasteiger partial charge on any atom is -0.484 e. The van der Waals surface area contributed by atoms with Gasteiger partial charge in [0.25, 0.3) is 5.91 Å². The van der Waals surface area contributed by atoms with Crippen LogP contribution in [0.3, 0.4) is 0 Å². The predicted molar refractivity (Wildman–Crippen MR) is 111 cm³/mol. The van der Waals surface area contributed by atoms with Crippen molar-refractivity contribution in [3.8, 4) is 5.75 Å². The number of ether oxygens (including phenoxy) is 1. The zero-order chi connectivity index (χ0) is 20.4. The second kappa shape index (κ2) is 11.3. The van der Waals surface area contributed by atoms with E-state index in [0.717, 1.165) is 12.0 Å². The van der Waals surface area contributed by atoms with Gasteiger partial charge in [0.1, 0.15) is 5.75 Å². The van der Waals surface area contributed by atoms with E-state index in [4.69, 9.17) is 16.3 Å². The molecule has 0 aliphatic rings. The van der Waals surface area contributed by atoms with Crippen molar-refractivity contribution in [1.82, 2.24) is 10.2 Å². The summed E-state index contributed by atoms with van der Waals surface area (Å²) in [6.07, 6.45) is 1.07. The fraction of sp³-hybridized carbons (Fsp3) is 0.364. The Bertz CT molecular complexity index is 750. The largest absolute Gasteiger partial charge is 0.484 e. The molecule has 0 spiro atoms. The number of carbonyl (C=O) groups excluding carboxylic acids is 2. The Kier molecular flexibility index (Phi) is 8.82. The van der Waals surface area contributed by atoms with Gasteiger partial charge >= 0.3 is 0 Å². The zero-order valence-electron chi connectivity index (χ0n) is 16.4. The van der Waals surface area contributed by atoms with Crippen LogP contribution in [0.5, 0.6) is 5.75 Å². The van der Waals surface area contributed by atoms with E-state index in [1.54, 1.807) is 29.2 Å². The van der Waals surface area contributed by atoms with Gasteiger partial charge in [-0.25, -0.2) is 0 Å². The molecule has 0 aliphatic heterocycles. The number of rotatable bonds is 10. The van der Waals surface area contributed by atoms with E-state index in [-0.39, 0.29) is 30.9 Å². The molecule has 1 N–H and O–H groups in total. The fourth-order valence-electron chi connectivity index (χ4n) is 2.77. The summed E-state index contributed by atoms with van der Waals surface area (Å²) in [7, 11) is 0. The molecule has 1 atom stereocenters. The maximum atomic E-state index is 12.5. The number of carbonyl (C=O) groups is 2. The van der Waals surface area contributed by atoms with Crippen molar-refractivity contribution < 1.29 is 14.3 Å². The standard InChI is InChI=1S/C22H27ClN2O3/c1-3-14-25(22(27)16-28-20-11-9-19(23)10-12-20)15-13-21(26)24-17(2)18-7-5-4-6-8-18/h4-12,17H,3,13-16H2,1-2H3,(H,24,26). The molecule has 6 heteroatoms. The minimum absolute atomic E-state index is 0.0658. The van der Waals surface area contributed by atoms with Crippen LogP contribution in [-0.2, 0) is 9.59 Å². The predicted octanol–water partition coefficient (Wildman–Crippen LogP) is 4.22. The van der Waals surface area contributed by atoms with Gasteiger partial charge in [-0.1, -0.05) is 48.9 Å². The van der Waals surface area contributed by atoms with Gasteiger partial charge in [0.05, 0.1) is 6.04 Å². The monoisotopic (exact) mass is 402 g/mol. The summed E-state index contributed by atoms with van der Waals surface area (Å²) in [5.41, 5.74) is 1.05. The van der Waals surface area contributed by atoms with E-state index in [2.05, 4.69) is 5.32 Å². The van der Waals surface area contributed by atoms with Crippen molar-refractivity contribution in [1.29, 1.82) is 0 Å². The first-order valence-electron chi connectivity index (χ1n) is 9.50. The van der Waals surface area contributed by atoms with E-state index < -0.39 is 0 Å². The van der Waals surface area contributed by atoms with Crippen LogP contribution in [0.25, 0.3) is 0 Å². The van der Waals surface area contributed by atoms with Gasteiger partial charge in [-0.15, -0.1) is 0 Å². The Labute approximate surface area is 171 Å². The van der Waals surface area contributed by atoms with E-state index in [1.165, 1.54) is 0 Å². The molecule has 150 valence electrons. The van der Waals surface area contributed by atoms with Gasteiger partial charge in [0, 0.05) is 24.5 Å². The van der Waals surface area contributed by atoms with Crippen molar-refractivity contribution in [3.05, 3.63) is 65.2 Å². The van der Waals surface area contributed by atoms with E-state index >= 15 is 0 Å². The number of nitrogens with one attached hydrogen (secondary N) is 1. The number of hydrogen-bond donors (Lipinski definition) is 1. The molecule has 0 aliphatic carbocycles. The van der Waals surface area contributed by atoms with Crippen LogP contribution >= 0.6 is 11.6 Å². The van der Waals surface area contributed by atoms with Crippen LogP contribution in [-0.4, -0.2) is 36.4 Å². The third-order valence-corrected chi connectivity index (χ3v) is 4.56. The van der Waals surface area contributed by atoms with Crippen molar-refractivity contribution in [2.75, 3.05) is 19.7 Å². The first-order valence-corrected chi connectivity index (χ1v) is 9.88. The molecule has 2 aromatic rings. The lowest BCUT2D eigenvalue weighted by atomic mass is 10.1. The smallest absolute Gasteiger partial charge is 0.260 e. The van der Waals surface area contributed by atoms with Crippen LogP contribution in [0.2, 0.25) is 5.02 Å². The van der Waals surface area contributed by atoms with Gasteiger partial charge in [-0.2, -0.15) is 0 Å². The highest BCUT2D eigenvalue weighted by molar-refractivity contribution is 6.30. The number of amides is 2. The van der Waals surface area contributed by atoms with Crippen LogP contribution in [0.4, 0.5) is 0 Å². The quantitative estimate of drug-likeness (QED) is 0.647. The van der Waals surface area contributed by atoms with Crippen molar-refractivity contribution >= 4 is 23.4 Å². The average Bonchev–Trinajstić information content (AvgIpc) is 2.71. The normalized spacial score (nSPS) is 11.5. The number of benzene rings is 2. The number of hydrogen-bond acceptors (Lipinski definition) is 3. The zero-order valence-corrected chi connectivity index (χ0v) is 17.1. The number of halogens is 1. The minimum atomic E-state index is -0.138. The van der Waals surface area contributed by atoms with Gasteiger partial charge in [-0.05, 0) is 43.2 Å². The van der Waals surface area contributed by atoms with E-state index in [1.807, 2.05) is 44.2 Å². The van der Waals surface area contributed by atoms with E-state index in [0.29, 0.717) is 23.9 Å². The Balaban J connectivity index is 1.81. The molecule has 5 nitrogen and oxygen atoms in total. The molecule has 0 heterocycles. The molecule has 0 bridgehead atoms. The van der Waals surface area contributed by atoms with Crippen LogP contribution < -0.4 is 10.1 Å². The van der Waals surface area contributed by atoms with Gasteiger partial charge in [0.2, 0.25) is 5.91 Å². The fourth-order valence-corrected chi connectivity index (χ4v) is 2.90. The third-order valence-electron chi connectivity index (χ3n) is 4.31. The molecular formula is C22H27ClN2O3. The Hall–Kier alpha value is -2.53. The van der Waals surface area contributed by atoms with Crippen molar-refractivity contribution in [2.45, 2.75) is 32.7 Å². The van der Waals surface area contributed by atoms with Crippen molar-refractivity contribution in [2.24, 2.45) is 0 Å². The molecule has 0 radical (unpaired) electrons. The molecule has 0 aromatic heterocycles. The summed E-state index contributed by atoms with van der Waals surface area (Å²) in [6.45, 7) is 4.83. The molecule has 2 amide bonds. The first kappa shape index (κ1) is 21.8. The maximum absolute atomic E-state index is 12.5. The average molecular weight is 403 g/mol. The molecule has 1 unspecified atom stereocenters. The van der Waals surface area contributed by atoms with Gasteiger partial charge < -0.3 is 15.0 Å². The molecule has 28 heavy (non-hydrogen) atoms. The first-order chi connectivity index (χ1) is 13.5. The van der Waals surface area contributed by atoms with E-state index in [9.17, 15) is 9.59 Å². The summed E-state index contributed by atoms with van der Waals surface area (Å²) in [4.78, 5) is 26.4. The summed E-state index contributed by atoms with van der Waals surface area (Å²) in [5, 5.41) is 3.59. The molecule has 2 aromatic carbocycles. The van der Waals surface area contributed by atoms with Crippen LogP contribution in [0, 0.1) is 0 Å². The highest BCUT2D eigenvalue weighted by atomic mass is 35.5. The summed E-state index contributed by atoms with van der Waals surface area (Å²) in [5.74, 6) is 0.369. The molecule has 0 saturated heterocycles. The molecule has 2 rings (SSSR count). The Morgan fingerprint density at radius 3 is 2.39 bits per heavy atom. The Morgan fingerprint density at radius 1 is 1.07 bits per heavy atom.